The van der Waals surface area contributed by atoms with Crippen LogP contribution < -0.4 is 4.72 Å². The third-order valence-electron chi connectivity index (χ3n) is 2.87. The minimum absolute atomic E-state index is 0.0555. The molecule has 0 bridgehead atoms. The highest BCUT2D eigenvalue weighted by molar-refractivity contribution is 7.89. The molecule has 0 aliphatic rings. The van der Waals surface area contributed by atoms with Crippen molar-refractivity contribution >= 4 is 10.0 Å². The van der Waals surface area contributed by atoms with Gasteiger partial charge in [0.1, 0.15) is 12.4 Å². The molecule has 1 aromatic carbocycles. The van der Waals surface area contributed by atoms with Crippen molar-refractivity contribution in [2.45, 2.75) is 25.2 Å². The summed E-state index contributed by atoms with van der Waals surface area (Å²) in [5, 5.41) is 8.55. The quantitative estimate of drug-likeness (QED) is 0.810. The van der Waals surface area contributed by atoms with E-state index in [-0.39, 0.29) is 23.0 Å². The fraction of sp³-hybridized carbons (Fsp3) is 0.429. The lowest BCUT2D eigenvalue weighted by Crippen LogP contribution is -2.28. The summed E-state index contributed by atoms with van der Waals surface area (Å²) < 4.78 is 40.1. The molecule has 0 spiro atoms. The highest BCUT2D eigenvalue weighted by Gasteiger charge is 2.16. The Morgan fingerprint density at radius 1 is 1.45 bits per heavy atom. The van der Waals surface area contributed by atoms with Crippen molar-refractivity contribution in [3.8, 4) is 11.8 Å². The Morgan fingerprint density at radius 2 is 2.15 bits per heavy atom. The molecule has 1 atom stereocenters. The van der Waals surface area contributed by atoms with Crippen LogP contribution in [-0.4, -0.2) is 26.7 Å². The highest BCUT2D eigenvalue weighted by atomic mass is 32.2. The molecular formula is C14H18FNO3S. The molecule has 0 radical (unpaired) electrons. The van der Waals surface area contributed by atoms with E-state index in [2.05, 4.69) is 16.6 Å². The van der Waals surface area contributed by atoms with Gasteiger partial charge in [0.25, 0.3) is 0 Å². The topological polar surface area (TPSA) is 66.4 Å². The number of aliphatic hydroxyl groups excluding tert-OH is 1. The molecule has 110 valence electrons. The standard InChI is InChI=1S/C14H18FNO3S/c1-3-11(2)10-16-20(18,19)13-7-6-12(5-4-8-17)14(15)9-13/h6-7,9,11,16-17H,3,8,10H2,1-2H3. The molecule has 6 heteroatoms. The predicted octanol–water partition coefficient (Wildman–Crippen LogP) is 1.49. The zero-order valence-electron chi connectivity index (χ0n) is 11.5. The third-order valence-corrected chi connectivity index (χ3v) is 4.29. The number of benzene rings is 1. The Bertz CT molecular complexity index is 617. The summed E-state index contributed by atoms with van der Waals surface area (Å²) in [7, 11) is -3.71. The molecule has 0 aromatic heterocycles. The van der Waals surface area contributed by atoms with Crippen LogP contribution in [0.2, 0.25) is 0 Å². The van der Waals surface area contributed by atoms with Crippen molar-refractivity contribution in [3.63, 3.8) is 0 Å². The minimum Gasteiger partial charge on any atom is -0.384 e. The van der Waals surface area contributed by atoms with Crippen LogP contribution in [0.25, 0.3) is 0 Å². The highest BCUT2D eigenvalue weighted by Crippen LogP contribution is 2.14. The summed E-state index contributed by atoms with van der Waals surface area (Å²) in [6, 6.07) is 3.51. The zero-order chi connectivity index (χ0) is 15.2. The van der Waals surface area contributed by atoms with E-state index in [1.807, 2.05) is 13.8 Å². The molecule has 0 saturated carbocycles. The number of aliphatic hydroxyl groups is 1. The summed E-state index contributed by atoms with van der Waals surface area (Å²) in [5.41, 5.74) is 0.0555. The average Bonchev–Trinajstić information content (AvgIpc) is 2.43. The fourth-order valence-corrected chi connectivity index (χ4v) is 2.56. The zero-order valence-corrected chi connectivity index (χ0v) is 12.3. The first-order valence-electron chi connectivity index (χ1n) is 6.29. The van der Waals surface area contributed by atoms with Gasteiger partial charge in [-0.05, 0) is 24.1 Å². The number of hydrogen-bond acceptors (Lipinski definition) is 3. The van der Waals surface area contributed by atoms with Gasteiger partial charge in [-0.2, -0.15) is 0 Å². The first-order valence-corrected chi connectivity index (χ1v) is 7.78. The maximum atomic E-state index is 13.7. The van der Waals surface area contributed by atoms with Gasteiger partial charge < -0.3 is 5.11 Å². The molecule has 1 unspecified atom stereocenters. The number of rotatable bonds is 5. The molecular weight excluding hydrogens is 281 g/mol. The molecule has 20 heavy (non-hydrogen) atoms. The lowest BCUT2D eigenvalue weighted by atomic mass is 10.1. The van der Waals surface area contributed by atoms with E-state index in [4.69, 9.17) is 5.11 Å². The Morgan fingerprint density at radius 3 is 2.70 bits per heavy atom. The van der Waals surface area contributed by atoms with Crippen LogP contribution in [0.15, 0.2) is 23.1 Å². The van der Waals surface area contributed by atoms with Gasteiger partial charge in [-0.15, -0.1) is 0 Å². The van der Waals surface area contributed by atoms with Gasteiger partial charge in [0.05, 0.1) is 10.5 Å². The van der Waals surface area contributed by atoms with Crippen molar-refractivity contribution in [2.75, 3.05) is 13.2 Å². The van der Waals surface area contributed by atoms with Gasteiger partial charge >= 0.3 is 0 Å². The monoisotopic (exact) mass is 299 g/mol. The lowest BCUT2D eigenvalue weighted by molar-refractivity contribution is 0.350. The second-order valence-corrected chi connectivity index (χ2v) is 6.23. The lowest BCUT2D eigenvalue weighted by Gasteiger charge is -2.11. The van der Waals surface area contributed by atoms with E-state index in [1.165, 1.54) is 12.1 Å². The first kappa shape index (κ1) is 16.6. The number of hydrogen-bond donors (Lipinski definition) is 2. The Balaban J connectivity index is 2.94. The molecule has 0 amide bonds. The van der Waals surface area contributed by atoms with E-state index in [0.717, 1.165) is 12.5 Å². The van der Waals surface area contributed by atoms with Crippen LogP contribution in [0.1, 0.15) is 25.8 Å². The maximum absolute atomic E-state index is 13.7. The van der Waals surface area contributed by atoms with Crippen LogP contribution in [0.5, 0.6) is 0 Å². The van der Waals surface area contributed by atoms with Crippen molar-refractivity contribution < 1.29 is 17.9 Å². The van der Waals surface area contributed by atoms with Gasteiger partial charge in [0, 0.05) is 6.54 Å². The molecule has 2 N–H and O–H groups in total. The average molecular weight is 299 g/mol. The molecule has 0 aliphatic heterocycles. The van der Waals surface area contributed by atoms with E-state index in [0.29, 0.717) is 6.54 Å². The summed E-state index contributed by atoms with van der Waals surface area (Å²) in [6.45, 7) is 3.83. The predicted molar refractivity (Wildman–Crippen MR) is 75.0 cm³/mol. The second kappa shape index (κ2) is 7.39. The van der Waals surface area contributed by atoms with E-state index in [1.54, 1.807) is 0 Å². The van der Waals surface area contributed by atoms with Crippen molar-refractivity contribution in [1.29, 1.82) is 0 Å². The van der Waals surface area contributed by atoms with Crippen LogP contribution in [-0.2, 0) is 10.0 Å². The number of halogens is 1. The van der Waals surface area contributed by atoms with E-state index >= 15 is 0 Å². The third kappa shape index (κ3) is 4.60. The summed E-state index contributed by atoms with van der Waals surface area (Å²) in [4.78, 5) is -0.132. The largest absolute Gasteiger partial charge is 0.384 e. The second-order valence-electron chi connectivity index (χ2n) is 4.47. The molecule has 1 rings (SSSR count). The number of nitrogens with one attached hydrogen (secondary N) is 1. The number of sulfonamides is 1. The summed E-state index contributed by atoms with van der Waals surface area (Å²) in [6.07, 6.45) is 0.854. The minimum atomic E-state index is -3.71. The smallest absolute Gasteiger partial charge is 0.240 e. The molecule has 0 aliphatic carbocycles. The van der Waals surface area contributed by atoms with Crippen molar-refractivity contribution in [3.05, 3.63) is 29.6 Å². The molecule has 0 saturated heterocycles. The SMILES string of the molecule is CCC(C)CNS(=O)(=O)c1ccc(C#CCO)c(F)c1. The van der Waals surface area contributed by atoms with Crippen molar-refractivity contribution in [2.24, 2.45) is 5.92 Å². The summed E-state index contributed by atoms with van der Waals surface area (Å²) in [5.74, 6) is 4.21. The summed E-state index contributed by atoms with van der Waals surface area (Å²) >= 11 is 0. The van der Waals surface area contributed by atoms with Gasteiger partial charge in [0.2, 0.25) is 10.0 Å². The van der Waals surface area contributed by atoms with E-state index in [9.17, 15) is 12.8 Å². The maximum Gasteiger partial charge on any atom is 0.240 e. The Hall–Kier alpha value is -1.42. The molecule has 0 heterocycles. The van der Waals surface area contributed by atoms with Gasteiger partial charge in [0.15, 0.2) is 0 Å². The molecule has 4 nitrogen and oxygen atoms in total. The van der Waals surface area contributed by atoms with Crippen LogP contribution >= 0.6 is 0 Å². The van der Waals surface area contributed by atoms with Gasteiger partial charge in [-0.3, -0.25) is 0 Å². The van der Waals surface area contributed by atoms with E-state index < -0.39 is 15.8 Å². The van der Waals surface area contributed by atoms with Crippen LogP contribution in [0, 0.1) is 23.6 Å². The molecule has 0 fully saturated rings. The first-order chi connectivity index (χ1) is 9.40. The normalized spacial score (nSPS) is 12.6. The van der Waals surface area contributed by atoms with Crippen LogP contribution in [0.4, 0.5) is 4.39 Å². The Labute approximate surface area is 119 Å². The molecule has 1 aromatic rings. The van der Waals surface area contributed by atoms with Crippen molar-refractivity contribution in [1.82, 2.24) is 4.72 Å². The van der Waals surface area contributed by atoms with Gasteiger partial charge in [-0.1, -0.05) is 32.1 Å². The fourth-order valence-electron chi connectivity index (χ4n) is 1.38. The Kier molecular flexibility index (Phi) is 6.14. The van der Waals surface area contributed by atoms with Gasteiger partial charge in [-0.25, -0.2) is 17.5 Å². The van der Waals surface area contributed by atoms with Crippen LogP contribution in [0.3, 0.4) is 0 Å².